The fourth-order valence-corrected chi connectivity index (χ4v) is 1.35. The summed E-state index contributed by atoms with van der Waals surface area (Å²) in [6.45, 7) is 0. The Morgan fingerprint density at radius 1 is 1.19 bits per heavy atom. The molecule has 82 valence electrons. The van der Waals surface area contributed by atoms with Crippen molar-refractivity contribution in [1.82, 2.24) is 4.98 Å². The van der Waals surface area contributed by atoms with Gasteiger partial charge in [0.15, 0.2) is 0 Å². The lowest BCUT2D eigenvalue weighted by molar-refractivity contribution is 0.417. The summed E-state index contributed by atoms with van der Waals surface area (Å²) in [7, 11) is 1.60. The second-order valence-electron chi connectivity index (χ2n) is 3.19. The summed E-state index contributed by atoms with van der Waals surface area (Å²) in [6, 6.07) is 10.4. The van der Waals surface area contributed by atoms with Crippen LogP contribution in [0.15, 0.2) is 42.6 Å². The van der Waals surface area contributed by atoms with Crippen molar-refractivity contribution in [2.24, 2.45) is 0 Å². The Morgan fingerprint density at radius 3 is 2.69 bits per heavy atom. The number of pyridine rings is 1. The van der Waals surface area contributed by atoms with E-state index in [9.17, 15) is 4.39 Å². The van der Waals surface area contributed by atoms with Gasteiger partial charge in [0.1, 0.15) is 5.75 Å². The van der Waals surface area contributed by atoms with E-state index in [1.165, 1.54) is 12.3 Å². The summed E-state index contributed by atoms with van der Waals surface area (Å²) >= 11 is 0. The summed E-state index contributed by atoms with van der Waals surface area (Å²) in [4.78, 5) is 3.56. The first-order valence-electron chi connectivity index (χ1n) is 4.81. The molecular weight excluding hydrogens is 207 g/mol. The van der Waals surface area contributed by atoms with Gasteiger partial charge in [-0.25, -0.2) is 4.98 Å². The molecule has 0 amide bonds. The molecule has 1 N–H and O–H groups in total. The van der Waals surface area contributed by atoms with Gasteiger partial charge in [-0.15, -0.1) is 0 Å². The molecule has 1 aromatic carbocycles. The lowest BCUT2D eigenvalue weighted by atomic mass is 10.3. The Bertz CT molecular complexity index is 471. The molecule has 1 aromatic heterocycles. The van der Waals surface area contributed by atoms with Crippen molar-refractivity contribution in [2.45, 2.75) is 0 Å². The molecule has 2 aromatic rings. The first-order chi connectivity index (χ1) is 7.79. The Hall–Kier alpha value is -2.10. The van der Waals surface area contributed by atoms with Crippen molar-refractivity contribution in [3.8, 4) is 5.75 Å². The normalized spacial score (nSPS) is 9.88. The van der Waals surface area contributed by atoms with Crippen molar-refractivity contribution in [2.75, 3.05) is 12.4 Å². The van der Waals surface area contributed by atoms with Crippen LogP contribution in [0.2, 0.25) is 0 Å². The molecule has 2 rings (SSSR count). The quantitative estimate of drug-likeness (QED) is 0.804. The van der Waals surface area contributed by atoms with Gasteiger partial charge in [0, 0.05) is 0 Å². The van der Waals surface area contributed by atoms with E-state index in [2.05, 4.69) is 10.3 Å². The van der Waals surface area contributed by atoms with E-state index in [4.69, 9.17) is 4.74 Å². The zero-order chi connectivity index (χ0) is 11.4. The van der Waals surface area contributed by atoms with Crippen LogP contribution in [-0.4, -0.2) is 12.1 Å². The molecule has 0 atom stereocenters. The van der Waals surface area contributed by atoms with E-state index < -0.39 is 5.95 Å². The summed E-state index contributed by atoms with van der Waals surface area (Å²) in [5.74, 6) is 0.234. The Morgan fingerprint density at radius 2 is 2.00 bits per heavy atom. The lowest BCUT2D eigenvalue weighted by Gasteiger charge is -2.10. The van der Waals surface area contributed by atoms with Gasteiger partial charge >= 0.3 is 0 Å². The average Bonchev–Trinajstić information content (AvgIpc) is 2.33. The second-order valence-corrected chi connectivity index (χ2v) is 3.19. The third kappa shape index (κ3) is 2.28. The smallest absolute Gasteiger partial charge is 0.212 e. The van der Waals surface area contributed by atoms with Crippen molar-refractivity contribution >= 4 is 11.4 Å². The van der Waals surface area contributed by atoms with E-state index in [1.807, 2.05) is 24.3 Å². The molecular formula is C12H11FN2O. The molecule has 1 heterocycles. The molecule has 0 saturated heterocycles. The zero-order valence-electron chi connectivity index (χ0n) is 8.77. The predicted molar refractivity (Wildman–Crippen MR) is 60.5 cm³/mol. The molecule has 0 saturated carbocycles. The number of anilines is 2. The minimum Gasteiger partial charge on any atom is -0.495 e. The largest absolute Gasteiger partial charge is 0.495 e. The number of ether oxygens (including phenoxy) is 1. The molecule has 0 fully saturated rings. The van der Waals surface area contributed by atoms with Crippen LogP contribution < -0.4 is 10.1 Å². The maximum Gasteiger partial charge on any atom is 0.212 e. The predicted octanol–water partition coefficient (Wildman–Crippen LogP) is 2.97. The first kappa shape index (κ1) is 10.4. The maximum atomic E-state index is 12.6. The van der Waals surface area contributed by atoms with E-state index in [0.29, 0.717) is 5.69 Å². The third-order valence-corrected chi connectivity index (χ3v) is 2.11. The fourth-order valence-electron chi connectivity index (χ4n) is 1.35. The fraction of sp³-hybridized carbons (Fsp3) is 0.0833. The molecule has 0 unspecified atom stereocenters. The molecule has 0 spiro atoms. The highest BCUT2D eigenvalue weighted by atomic mass is 19.1. The molecule has 0 aliphatic carbocycles. The van der Waals surface area contributed by atoms with Crippen LogP contribution in [0.3, 0.4) is 0 Å². The number of benzene rings is 1. The third-order valence-electron chi connectivity index (χ3n) is 2.11. The monoisotopic (exact) mass is 218 g/mol. The molecule has 0 radical (unpaired) electrons. The van der Waals surface area contributed by atoms with Gasteiger partial charge < -0.3 is 10.1 Å². The van der Waals surface area contributed by atoms with Crippen molar-refractivity contribution in [3.05, 3.63) is 48.5 Å². The number of aromatic nitrogens is 1. The number of methoxy groups -OCH3 is 1. The van der Waals surface area contributed by atoms with Gasteiger partial charge in [0.05, 0.1) is 24.7 Å². The van der Waals surface area contributed by atoms with Crippen molar-refractivity contribution in [1.29, 1.82) is 0 Å². The molecule has 0 aliphatic rings. The molecule has 0 bridgehead atoms. The van der Waals surface area contributed by atoms with Crippen LogP contribution in [-0.2, 0) is 0 Å². The number of nitrogens with one attached hydrogen (secondary N) is 1. The highest BCUT2D eigenvalue weighted by Gasteiger charge is 2.01. The van der Waals surface area contributed by atoms with Crippen molar-refractivity contribution in [3.63, 3.8) is 0 Å². The maximum absolute atomic E-state index is 12.6. The van der Waals surface area contributed by atoms with E-state index >= 15 is 0 Å². The minimum atomic E-state index is -0.495. The standard InChI is InChI=1S/C12H11FN2O/c1-16-11-5-3-2-4-10(11)15-9-6-7-12(13)14-8-9/h2-8,15H,1H3. The van der Waals surface area contributed by atoms with Gasteiger partial charge in [-0.2, -0.15) is 4.39 Å². The number of hydrogen-bond donors (Lipinski definition) is 1. The number of para-hydroxylation sites is 2. The van der Waals surface area contributed by atoms with E-state index in [1.54, 1.807) is 13.2 Å². The van der Waals surface area contributed by atoms with E-state index in [-0.39, 0.29) is 0 Å². The first-order valence-corrected chi connectivity index (χ1v) is 4.81. The molecule has 16 heavy (non-hydrogen) atoms. The van der Waals surface area contributed by atoms with Crippen LogP contribution in [0.4, 0.5) is 15.8 Å². The SMILES string of the molecule is COc1ccccc1Nc1ccc(F)nc1. The Kier molecular flexibility index (Phi) is 3.00. The molecule has 0 aliphatic heterocycles. The van der Waals surface area contributed by atoms with Gasteiger partial charge in [0.25, 0.3) is 0 Å². The number of nitrogens with zero attached hydrogens (tertiary/aromatic N) is 1. The van der Waals surface area contributed by atoms with Crippen LogP contribution >= 0.6 is 0 Å². The average molecular weight is 218 g/mol. The van der Waals surface area contributed by atoms with Gasteiger partial charge in [-0.3, -0.25) is 0 Å². The summed E-state index contributed by atoms with van der Waals surface area (Å²) in [5, 5.41) is 3.10. The Labute approximate surface area is 92.9 Å². The topological polar surface area (TPSA) is 34.1 Å². The van der Waals surface area contributed by atoms with Crippen LogP contribution in [0.25, 0.3) is 0 Å². The van der Waals surface area contributed by atoms with Crippen LogP contribution in [0.1, 0.15) is 0 Å². The van der Waals surface area contributed by atoms with Gasteiger partial charge in [-0.05, 0) is 24.3 Å². The highest BCUT2D eigenvalue weighted by molar-refractivity contribution is 5.65. The van der Waals surface area contributed by atoms with Crippen LogP contribution in [0, 0.1) is 5.95 Å². The second kappa shape index (κ2) is 4.61. The van der Waals surface area contributed by atoms with E-state index in [0.717, 1.165) is 11.4 Å². The van der Waals surface area contributed by atoms with Gasteiger partial charge in [0.2, 0.25) is 5.95 Å². The van der Waals surface area contributed by atoms with Crippen LogP contribution in [0.5, 0.6) is 5.75 Å². The molecule has 3 nitrogen and oxygen atoms in total. The zero-order valence-corrected chi connectivity index (χ0v) is 8.77. The Balaban J connectivity index is 2.23. The summed E-state index contributed by atoms with van der Waals surface area (Å²) in [6.07, 6.45) is 1.43. The van der Waals surface area contributed by atoms with Crippen molar-refractivity contribution < 1.29 is 9.13 Å². The number of hydrogen-bond acceptors (Lipinski definition) is 3. The van der Waals surface area contributed by atoms with Gasteiger partial charge in [-0.1, -0.05) is 12.1 Å². The lowest BCUT2D eigenvalue weighted by Crippen LogP contribution is -1.95. The molecule has 4 heteroatoms. The minimum absolute atomic E-state index is 0.495. The highest BCUT2D eigenvalue weighted by Crippen LogP contribution is 2.26. The number of rotatable bonds is 3. The number of halogens is 1. The summed E-state index contributed by atoms with van der Waals surface area (Å²) < 4.78 is 17.8. The summed E-state index contributed by atoms with van der Waals surface area (Å²) in [5.41, 5.74) is 1.53.